The van der Waals surface area contributed by atoms with Crippen molar-refractivity contribution in [1.29, 1.82) is 0 Å². The fourth-order valence-corrected chi connectivity index (χ4v) is 16.4. The maximum absolute atomic E-state index is 2.57. The van der Waals surface area contributed by atoms with E-state index in [2.05, 4.69) is 301 Å². The van der Waals surface area contributed by atoms with Crippen molar-refractivity contribution in [2.45, 2.75) is 10.8 Å². The first-order valence-corrected chi connectivity index (χ1v) is 29.0. The van der Waals surface area contributed by atoms with Gasteiger partial charge >= 0.3 is 0 Å². The van der Waals surface area contributed by atoms with Crippen LogP contribution in [0.1, 0.15) is 44.5 Å². The van der Waals surface area contributed by atoms with Gasteiger partial charge in [-0.3, -0.25) is 0 Å². The molecule has 0 fully saturated rings. The summed E-state index contributed by atoms with van der Waals surface area (Å²) in [6.45, 7) is 0. The van der Waals surface area contributed by atoms with Crippen molar-refractivity contribution < 1.29 is 0 Å². The molecule has 15 aromatic rings. The SMILES string of the molecule is c1ccc(C2(c3ccccc3)c3cc(N(c4ccc(-c5ccc6c(c5)sc5ccccc56)cc4)c4cccc5c4-c4ccccc4C54c5ccccc5-n5c6ccccc6c6cccc4c65)ccc3-c3c2ccc2ccccc32)cc1. The summed E-state index contributed by atoms with van der Waals surface area (Å²) >= 11 is 1.87. The number of hydrogen-bond acceptors (Lipinski definition) is 2. The Balaban J connectivity index is 0.919. The van der Waals surface area contributed by atoms with Gasteiger partial charge < -0.3 is 9.47 Å². The topological polar surface area (TPSA) is 8.17 Å². The van der Waals surface area contributed by atoms with Gasteiger partial charge in [0, 0.05) is 47.9 Å². The quantitative estimate of drug-likeness (QED) is 0.161. The van der Waals surface area contributed by atoms with E-state index in [1.54, 1.807) is 0 Å². The van der Waals surface area contributed by atoms with Crippen LogP contribution in [-0.4, -0.2) is 4.57 Å². The molecule has 0 saturated carbocycles. The van der Waals surface area contributed by atoms with Crippen LogP contribution in [0.2, 0.25) is 0 Å². The summed E-state index contributed by atoms with van der Waals surface area (Å²) in [5.74, 6) is 0. The van der Waals surface area contributed by atoms with E-state index < -0.39 is 10.8 Å². The lowest BCUT2D eigenvalue weighted by molar-refractivity contribution is 0.748. The molecule has 0 N–H and O–H groups in total. The molecule has 2 nitrogen and oxygen atoms in total. The standard InChI is InChI=1S/C78H48N2S/c1-3-20-52(21-4-1)77(53-22-5-2-6-23-53)66-46-40-50-19-7-8-24-56(50)74(66)62-45-43-55(48-68(62)77)79(54-41-37-49(38-42-54)51-39-44-59-58-26-11-16-36-72(58)81-73(59)47-51)71-35-18-31-65-75(71)61-27-9-12-29-63(61)78(65)64-30-13-15-34-70(64)80-69-33-14-10-25-57(69)60-28-17-32-67(78)76(60)80/h1-48H. The van der Waals surface area contributed by atoms with Crippen LogP contribution in [-0.2, 0) is 10.8 Å². The van der Waals surface area contributed by atoms with Crippen LogP contribution in [0.3, 0.4) is 0 Å². The second-order valence-corrected chi connectivity index (χ2v) is 23.3. The first-order valence-electron chi connectivity index (χ1n) is 28.2. The smallest absolute Gasteiger partial charge is 0.0755 e. The van der Waals surface area contributed by atoms with E-state index in [0.717, 1.165) is 17.1 Å². The van der Waals surface area contributed by atoms with E-state index in [1.807, 2.05) is 11.3 Å². The second-order valence-electron chi connectivity index (χ2n) is 22.2. The molecule has 3 heteroatoms. The van der Waals surface area contributed by atoms with Crippen LogP contribution in [0.4, 0.5) is 17.1 Å². The molecule has 18 rings (SSSR count). The normalized spacial score (nSPS) is 15.1. The number of para-hydroxylation sites is 3. The molecule has 3 aliphatic rings. The lowest BCUT2D eigenvalue weighted by Crippen LogP contribution is -2.33. The Morgan fingerprint density at radius 1 is 0.321 bits per heavy atom. The molecular weight excluding hydrogens is 997 g/mol. The highest BCUT2D eigenvalue weighted by atomic mass is 32.1. The van der Waals surface area contributed by atoms with Crippen LogP contribution in [0, 0.1) is 0 Å². The highest BCUT2D eigenvalue weighted by Gasteiger charge is 2.52. The maximum Gasteiger partial charge on any atom is 0.0755 e. The van der Waals surface area contributed by atoms with Gasteiger partial charge in [-0.2, -0.15) is 0 Å². The molecule has 3 heterocycles. The molecule has 2 aliphatic carbocycles. The lowest BCUT2D eigenvalue weighted by atomic mass is 9.65. The predicted molar refractivity (Wildman–Crippen MR) is 339 cm³/mol. The second kappa shape index (κ2) is 16.7. The summed E-state index contributed by atoms with van der Waals surface area (Å²) in [6, 6.07) is 110. The zero-order chi connectivity index (χ0) is 53.0. The Hall–Kier alpha value is -10.1. The van der Waals surface area contributed by atoms with Crippen LogP contribution in [0.25, 0.3) is 91.8 Å². The van der Waals surface area contributed by atoms with Gasteiger partial charge in [0.05, 0.1) is 33.2 Å². The number of anilines is 3. The third-order valence-corrected chi connectivity index (χ3v) is 19.6. The summed E-state index contributed by atoms with van der Waals surface area (Å²) in [5.41, 5.74) is 23.5. The van der Waals surface area contributed by atoms with E-state index in [9.17, 15) is 0 Å². The van der Waals surface area contributed by atoms with Crippen LogP contribution < -0.4 is 4.90 Å². The van der Waals surface area contributed by atoms with E-state index in [1.165, 1.54) is 136 Å². The third-order valence-electron chi connectivity index (χ3n) is 18.5. The molecule has 1 unspecified atom stereocenters. The minimum absolute atomic E-state index is 0.612. The van der Waals surface area contributed by atoms with Gasteiger partial charge in [-0.05, 0) is 138 Å². The number of aromatic nitrogens is 1. The van der Waals surface area contributed by atoms with Gasteiger partial charge in [-0.15, -0.1) is 11.3 Å². The Morgan fingerprint density at radius 2 is 0.926 bits per heavy atom. The molecule has 376 valence electrons. The number of thiophene rings is 1. The van der Waals surface area contributed by atoms with Crippen LogP contribution >= 0.6 is 11.3 Å². The van der Waals surface area contributed by atoms with Gasteiger partial charge in [0.1, 0.15) is 0 Å². The Bertz CT molecular complexity index is 5080. The number of fused-ring (bicyclic) bond motifs is 20. The lowest BCUT2D eigenvalue weighted by Gasteiger charge is -2.39. The Kier molecular flexibility index (Phi) is 9.27. The van der Waals surface area contributed by atoms with E-state index in [0.29, 0.717) is 0 Å². The minimum atomic E-state index is -0.619. The summed E-state index contributed by atoms with van der Waals surface area (Å²) in [6.07, 6.45) is 0. The maximum atomic E-state index is 2.57. The van der Waals surface area contributed by atoms with Gasteiger partial charge in [0.15, 0.2) is 0 Å². The molecule has 81 heavy (non-hydrogen) atoms. The molecule has 1 aliphatic heterocycles. The molecule has 0 amide bonds. The molecule has 0 saturated heterocycles. The Labute approximate surface area is 473 Å². The van der Waals surface area contributed by atoms with Crippen molar-refractivity contribution in [2.75, 3.05) is 4.90 Å². The monoisotopic (exact) mass is 1040 g/mol. The summed E-state index contributed by atoms with van der Waals surface area (Å²) in [7, 11) is 0. The van der Waals surface area contributed by atoms with Gasteiger partial charge in [0.2, 0.25) is 0 Å². The molecule has 1 spiro atoms. The minimum Gasteiger partial charge on any atom is -0.310 e. The van der Waals surface area contributed by atoms with Gasteiger partial charge in [-0.1, -0.05) is 237 Å². The highest BCUT2D eigenvalue weighted by Crippen LogP contribution is 2.64. The van der Waals surface area contributed by atoms with Crippen LogP contribution in [0.5, 0.6) is 0 Å². The zero-order valence-corrected chi connectivity index (χ0v) is 44.8. The third kappa shape index (κ3) is 5.90. The molecule has 2 aromatic heterocycles. The van der Waals surface area contributed by atoms with Gasteiger partial charge in [0.25, 0.3) is 0 Å². The van der Waals surface area contributed by atoms with Crippen molar-refractivity contribution in [3.63, 3.8) is 0 Å². The molecule has 1 atom stereocenters. The predicted octanol–water partition coefficient (Wildman–Crippen LogP) is 20.5. The Morgan fingerprint density at radius 3 is 1.77 bits per heavy atom. The molecule has 0 radical (unpaired) electrons. The van der Waals surface area contributed by atoms with E-state index >= 15 is 0 Å². The molecule has 13 aromatic carbocycles. The van der Waals surface area contributed by atoms with Crippen molar-refractivity contribution >= 4 is 81.1 Å². The molecule has 0 bridgehead atoms. The largest absolute Gasteiger partial charge is 0.310 e. The number of benzene rings is 13. The van der Waals surface area contributed by atoms with Crippen molar-refractivity contribution in [3.8, 4) is 39.1 Å². The van der Waals surface area contributed by atoms with Crippen molar-refractivity contribution in [3.05, 3.63) is 336 Å². The number of hydrogen-bond donors (Lipinski definition) is 0. The fraction of sp³-hybridized carbons (Fsp3) is 0.0256. The van der Waals surface area contributed by atoms with Crippen LogP contribution in [0.15, 0.2) is 291 Å². The molecular formula is C78H48N2S. The average Bonchev–Trinajstić information content (AvgIpc) is 2.64. The fourth-order valence-electron chi connectivity index (χ4n) is 15.3. The summed E-state index contributed by atoms with van der Waals surface area (Å²) in [4.78, 5) is 2.57. The average molecular weight is 1050 g/mol. The van der Waals surface area contributed by atoms with Gasteiger partial charge in [-0.25, -0.2) is 0 Å². The van der Waals surface area contributed by atoms with E-state index in [-0.39, 0.29) is 0 Å². The van der Waals surface area contributed by atoms with E-state index in [4.69, 9.17) is 0 Å². The highest BCUT2D eigenvalue weighted by molar-refractivity contribution is 7.25. The number of nitrogens with zero attached hydrogens (tertiary/aromatic N) is 2. The first kappa shape index (κ1) is 44.9. The summed E-state index contributed by atoms with van der Waals surface area (Å²) < 4.78 is 5.16. The van der Waals surface area contributed by atoms with Crippen molar-refractivity contribution in [2.24, 2.45) is 0 Å². The number of rotatable bonds is 6. The zero-order valence-electron chi connectivity index (χ0n) is 44.0. The summed E-state index contributed by atoms with van der Waals surface area (Å²) in [5, 5.41) is 7.69. The first-order chi connectivity index (χ1) is 40.2. The van der Waals surface area contributed by atoms with Crippen molar-refractivity contribution in [1.82, 2.24) is 4.57 Å².